The molecule has 2 heterocycles. The van der Waals surface area contributed by atoms with Crippen molar-refractivity contribution in [3.8, 4) is 0 Å². The highest BCUT2D eigenvalue weighted by molar-refractivity contribution is 5.90. The Labute approximate surface area is 211 Å². The molecule has 1 aliphatic rings. The van der Waals surface area contributed by atoms with E-state index < -0.39 is 36.0 Å². The van der Waals surface area contributed by atoms with Gasteiger partial charge >= 0.3 is 6.18 Å². The van der Waals surface area contributed by atoms with Crippen LogP contribution in [-0.2, 0) is 35.4 Å². The number of rotatable bonds is 10. The van der Waals surface area contributed by atoms with Crippen LogP contribution in [0.1, 0.15) is 42.6 Å². The van der Waals surface area contributed by atoms with Gasteiger partial charge in [-0.1, -0.05) is 49.2 Å². The van der Waals surface area contributed by atoms with Crippen molar-refractivity contribution in [2.45, 2.75) is 63.7 Å². The van der Waals surface area contributed by atoms with E-state index in [1.807, 2.05) is 24.3 Å². The SMILES string of the molecule is O=C(NCCCCCCn1c(C(F)(F)F)nc2ccccc21)[C@H](O)[C@@H](O)C(=O)N1Cc2ccccc2C1. The third kappa shape index (κ3) is 6.11. The van der Waals surface area contributed by atoms with Crippen LogP contribution in [0.4, 0.5) is 13.2 Å². The second kappa shape index (κ2) is 11.3. The summed E-state index contributed by atoms with van der Waals surface area (Å²) in [6.07, 6.45) is -6.04. The Kier molecular flexibility index (Phi) is 8.13. The number of hydrogen-bond donors (Lipinski definition) is 3. The number of carbonyl (C=O) groups is 2. The average molecular weight is 519 g/mol. The molecule has 2 aromatic carbocycles. The second-order valence-corrected chi connectivity index (χ2v) is 9.13. The van der Waals surface area contributed by atoms with Crippen LogP contribution in [0, 0.1) is 0 Å². The molecule has 2 amide bonds. The van der Waals surface area contributed by atoms with Crippen molar-refractivity contribution in [1.82, 2.24) is 19.8 Å². The van der Waals surface area contributed by atoms with Crippen molar-refractivity contribution in [2.75, 3.05) is 6.54 Å². The van der Waals surface area contributed by atoms with Crippen LogP contribution in [0.25, 0.3) is 11.0 Å². The molecule has 0 fully saturated rings. The number of aliphatic hydroxyl groups excluding tert-OH is 2. The molecule has 0 aliphatic carbocycles. The molecule has 1 aliphatic heterocycles. The zero-order valence-corrected chi connectivity index (χ0v) is 20.1. The number of nitrogens with zero attached hydrogens (tertiary/aromatic N) is 3. The van der Waals surface area contributed by atoms with Gasteiger partial charge in [-0.05, 0) is 36.1 Å². The smallest absolute Gasteiger partial charge is 0.380 e. The third-order valence-corrected chi connectivity index (χ3v) is 6.49. The Morgan fingerprint density at radius 2 is 1.54 bits per heavy atom. The fraction of sp³-hybridized carbons (Fsp3) is 0.423. The number of aromatic nitrogens is 2. The highest BCUT2D eigenvalue weighted by Gasteiger charge is 2.37. The maximum Gasteiger partial charge on any atom is 0.449 e. The van der Waals surface area contributed by atoms with Crippen molar-refractivity contribution in [1.29, 1.82) is 0 Å². The zero-order chi connectivity index (χ0) is 26.6. The molecular weight excluding hydrogens is 489 g/mol. The monoisotopic (exact) mass is 518 g/mol. The van der Waals surface area contributed by atoms with Crippen molar-refractivity contribution in [3.63, 3.8) is 0 Å². The van der Waals surface area contributed by atoms with E-state index in [0.29, 0.717) is 49.8 Å². The van der Waals surface area contributed by atoms with Crippen LogP contribution in [0.3, 0.4) is 0 Å². The first-order valence-electron chi connectivity index (χ1n) is 12.2. The van der Waals surface area contributed by atoms with E-state index in [-0.39, 0.29) is 13.1 Å². The lowest BCUT2D eigenvalue weighted by Crippen LogP contribution is -2.49. The summed E-state index contributed by atoms with van der Waals surface area (Å²) in [7, 11) is 0. The number of nitrogens with one attached hydrogen (secondary N) is 1. The standard InChI is InChI=1S/C26H29F3N4O4/c27-26(28,29)25-31-19-11-5-6-12-20(19)33(25)14-8-2-1-7-13-30-23(36)21(34)22(35)24(37)32-15-17-9-3-4-10-18(17)16-32/h3-6,9-12,21-22,34-35H,1-2,7-8,13-16H2,(H,30,36)/t21-,22-/m1/s1. The quantitative estimate of drug-likeness (QED) is 0.358. The molecule has 0 saturated carbocycles. The summed E-state index contributed by atoms with van der Waals surface area (Å²) < 4.78 is 41.3. The van der Waals surface area contributed by atoms with Crippen molar-refractivity contribution < 1.29 is 33.0 Å². The lowest BCUT2D eigenvalue weighted by Gasteiger charge is -2.22. The van der Waals surface area contributed by atoms with E-state index in [1.54, 1.807) is 24.3 Å². The van der Waals surface area contributed by atoms with Gasteiger partial charge in [-0.2, -0.15) is 13.2 Å². The molecule has 0 unspecified atom stereocenters. The zero-order valence-electron chi connectivity index (χ0n) is 20.1. The number of aliphatic hydroxyl groups is 2. The molecular formula is C26H29F3N4O4. The first kappa shape index (κ1) is 26.6. The van der Waals surface area contributed by atoms with Crippen molar-refractivity contribution in [3.05, 3.63) is 65.5 Å². The van der Waals surface area contributed by atoms with E-state index in [0.717, 1.165) is 11.1 Å². The summed E-state index contributed by atoms with van der Waals surface area (Å²) in [5.74, 6) is -2.48. The number of aryl methyl sites for hydroxylation is 1. The van der Waals surface area contributed by atoms with Crippen LogP contribution in [-0.4, -0.2) is 55.2 Å². The predicted octanol–water partition coefficient (Wildman–Crippen LogP) is 3.00. The van der Waals surface area contributed by atoms with E-state index in [4.69, 9.17) is 0 Å². The lowest BCUT2D eigenvalue weighted by molar-refractivity contribution is -0.153. The van der Waals surface area contributed by atoms with Gasteiger partial charge in [-0.3, -0.25) is 9.59 Å². The first-order valence-corrected chi connectivity index (χ1v) is 12.2. The summed E-state index contributed by atoms with van der Waals surface area (Å²) >= 11 is 0. The van der Waals surface area contributed by atoms with Crippen LogP contribution in [0.2, 0.25) is 0 Å². The predicted molar refractivity (Wildman–Crippen MR) is 129 cm³/mol. The fourth-order valence-electron chi connectivity index (χ4n) is 4.54. The number of hydrogen-bond acceptors (Lipinski definition) is 5. The number of alkyl halides is 3. The largest absolute Gasteiger partial charge is 0.449 e. The summed E-state index contributed by atoms with van der Waals surface area (Å²) in [6.45, 7) is 0.975. The number of unbranched alkanes of at least 4 members (excludes halogenated alkanes) is 3. The van der Waals surface area contributed by atoms with Crippen LogP contribution in [0.15, 0.2) is 48.5 Å². The summed E-state index contributed by atoms with van der Waals surface area (Å²) in [5.41, 5.74) is 2.64. The Morgan fingerprint density at radius 3 is 2.22 bits per heavy atom. The maximum atomic E-state index is 13.4. The minimum Gasteiger partial charge on any atom is -0.380 e. The number of halogens is 3. The molecule has 3 N–H and O–H groups in total. The molecule has 11 heteroatoms. The lowest BCUT2D eigenvalue weighted by atomic mass is 10.1. The van der Waals surface area contributed by atoms with Crippen LogP contribution >= 0.6 is 0 Å². The molecule has 0 radical (unpaired) electrons. The topological polar surface area (TPSA) is 108 Å². The van der Waals surface area contributed by atoms with Crippen LogP contribution in [0.5, 0.6) is 0 Å². The maximum absolute atomic E-state index is 13.4. The second-order valence-electron chi connectivity index (χ2n) is 9.13. The average Bonchev–Trinajstić information content (AvgIpc) is 3.48. The van der Waals surface area contributed by atoms with Crippen molar-refractivity contribution in [2.24, 2.45) is 0 Å². The third-order valence-electron chi connectivity index (χ3n) is 6.49. The Morgan fingerprint density at radius 1 is 0.919 bits per heavy atom. The normalized spacial score (nSPS) is 15.0. The van der Waals surface area contributed by atoms with Gasteiger partial charge in [0.25, 0.3) is 11.8 Å². The van der Waals surface area contributed by atoms with Gasteiger partial charge in [0, 0.05) is 26.2 Å². The summed E-state index contributed by atoms with van der Waals surface area (Å²) in [6, 6.07) is 13.9. The number of fused-ring (bicyclic) bond motifs is 2. The Balaban J connectivity index is 1.17. The van der Waals surface area contributed by atoms with Gasteiger partial charge in [-0.15, -0.1) is 0 Å². The molecule has 0 saturated heterocycles. The number of amides is 2. The van der Waals surface area contributed by atoms with Gasteiger partial charge < -0.3 is 25.0 Å². The van der Waals surface area contributed by atoms with Gasteiger partial charge in [0.1, 0.15) is 0 Å². The summed E-state index contributed by atoms with van der Waals surface area (Å²) in [4.78, 5) is 29.9. The van der Waals surface area contributed by atoms with Gasteiger partial charge in [0.15, 0.2) is 12.2 Å². The minimum absolute atomic E-state index is 0.162. The van der Waals surface area contributed by atoms with E-state index >= 15 is 0 Å². The molecule has 198 valence electrons. The molecule has 4 rings (SSSR count). The summed E-state index contributed by atoms with van der Waals surface area (Å²) in [5, 5.41) is 22.9. The van der Waals surface area contributed by atoms with Gasteiger partial charge in [0.05, 0.1) is 11.0 Å². The number of benzene rings is 2. The van der Waals surface area contributed by atoms with E-state index in [9.17, 15) is 33.0 Å². The number of imidazole rings is 1. The highest BCUT2D eigenvalue weighted by atomic mass is 19.4. The Bertz CT molecular complexity index is 1240. The fourth-order valence-corrected chi connectivity index (χ4v) is 4.54. The molecule has 1 aromatic heterocycles. The molecule has 0 bridgehead atoms. The van der Waals surface area contributed by atoms with E-state index in [1.165, 1.54) is 9.47 Å². The van der Waals surface area contributed by atoms with Crippen LogP contribution < -0.4 is 5.32 Å². The highest BCUT2D eigenvalue weighted by Crippen LogP contribution is 2.31. The molecule has 0 spiro atoms. The molecule has 37 heavy (non-hydrogen) atoms. The van der Waals surface area contributed by atoms with E-state index in [2.05, 4.69) is 10.3 Å². The first-order chi connectivity index (χ1) is 17.7. The number of para-hydroxylation sites is 2. The Hall–Kier alpha value is -3.44. The minimum atomic E-state index is -4.55. The van der Waals surface area contributed by atoms with Gasteiger partial charge in [-0.25, -0.2) is 4.98 Å². The molecule has 3 aromatic rings. The van der Waals surface area contributed by atoms with Crippen molar-refractivity contribution >= 4 is 22.8 Å². The number of carbonyl (C=O) groups excluding carboxylic acids is 2. The molecule has 8 nitrogen and oxygen atoms in total. The van der Waals surface area contributed by atoms with Gasteiger partial charge in [0.2, 0.25) is 5.82 Å². The molecule has 2 atom stereocenters.